The van der Waals surface area contributed by atoms with E-state index in [1.165, 1.54) is 12.5 Å². The Morgan fingerprint density at radius 1 is 1.11 bits per heavy atom. The zero-order chi connectivity index (χ0) is 26.0. The van der Waals surface area contributed by atoms with Crippen molar-refractivity contribution in [3.8, 4) is 0 Å². The molecule has 1 aromatic rings. The Morgan fingerprint density at radius 3 is 2.46 bits per heavy atom. The highest BCUT2D eigenvalue weighted by Gasteiger charge is 2.31. The maximum absolute atomic E-state index is 13.1. The molecular formula is C22H36N8O5. The largest absolute Gasteiger partial charge is 0.368 e. The third-order valence-corrected chi connectivity index (χ3v) is 5.60. The first-order chi connectivity index (χ1) is 16.6. The highest BCUT2D eigenvalue weighted by atomic mass is 16.2. The molecule has 0 bridgehead atoms. The summed E-state index contributed by atoms with van der Waals surface area (Å²) in [6.07, 6.45) is 4.50. The number of nitrogens with two attached hydrogens (primary N) is 2. The van der Waals surface area contributed by atoms with Gasteiger partial charge in [0, 0.05) is 24.9 Å². The second-order valence-corrected chi connectivity index (χ2v) is 9.15. The molecule has 2 rings (SSSR count). The maximum Gasteiger partial charge on any atom is 0.243 e. The second-order valence-electron chi connectivity index (χ2n) is 9.15. The van der Waals surface area contributed by atoms with Gasteiger partial charge in [-0.2, -0.15) is 0 Å². The predicted molar refractivity (Wildman–Crippen MR) is 126 cm³/mol. The molecule has 13 heteroatoms. The SMILES string of the molecule is CC(C)C[C@H](NC(=O)CC1NC(=O)[C@@H](N)CCCCNC(=O)C(Cc2cnc[nH]2)NC1=O)C(N)=O. The van der Waals surface area contributed by atoms with Gasteiger partial charge in [-0.1, -0.05) is 13.8 Å². The summed E-state index contributed by atoms with van der Waals surface area (Å²) in [5, 5.41) is 10.4. The minimum Gasteiger partial charge on any atom is -0.368 e. The molecule has 35 heavy (non-hydrogen) atoms. The average molecular weight is 493 g/mol. The molecular weight excluding hydrogens is 456 g/mol. The lowest BCUT2D eigenvalue weighted by atomic mass is 10.0. The quantitative estimate of drug-likeness (QED) is 0.215. The molecule has 2 unspecified atom stereocenters. The van der Waals surface area contributed by atoms with Crippen molar-refractivity contribution in [2.45, 2.75) is 76.5 Å². The smallest absolute Gasteiger partial charge is 0.243 e. The summed E-state index contributed by atoms with van der Waals surface area (Å²) in [5.41, 5.74) is 12.0. The third-order valence-electron chi connectivity index (χ3n) is 5.60. The van der Waals surface area contributed by atoms with Crippen LogP contribution < -0.4 is 32.7 Å². The fraction of sp³-hybridized carbons (Fsp3) is 0.636. The molecule has 2 heterocycles. The molecule has 1 aliphatic rings. The molecule has 9 N–H and O–H groups in total. The van der Waals surface area contributed by atoms with Gasteiger partial charge in [-0.15, -0.1) is 0 Å². The molecule has 1 aliphatic heterocycles. The third kappa shape index (κ3) is 9.35. The van der Waals surface area contributed by atoms with E-state index in [2.05, 4.69) is 31.2 Å². The molecule has 0 radical (unpaired) electrons. The van der Waals surface area contributed by atoms with E-state index in [9.17, 15) is 24.0 Å². The van der Waals surface area contributed by atoms with Crippen molar-refractivity contribution in [3.63, 3.8) is 0 Å². The molecule has 0 aliphatic carbocycles. The van der Waals surface area contributed by atoms with Crippen LogP contribution in [-0.4, -0.2) is 70.2 Å². The molecule has 1 fully saturated rings. The Hall–Kier alpha value is -3.48. The summed E-state index contributed by atoms with van der Waals surface area (Å²) in [6.45, 7) is 4.10. The van der Waals surface area contributed by atoms with E-state index in [0.29, 0.717) is 37.9 Å². The van der Waals surface area contributed by atoms with Crippen LogP contribution in [0.1, 0.15) is 51.6 Å². The summed E-state index contributed by atoms with van der Waals surface area (Å²) >= 11 is 0. The Bertz CT molecular complexity index is 888. The van der Waals surface area contributed by atoms with Crippen LogP contribution in [0.15, 0.2) is 12.5 Å². The number of H-pyrrole nitrogens is 1. The molecule has 0 saturated carbocycles. The number of aromatic nitrogens is 2. The number of hydrogen-bond donors (Lipinski definition) is 7. The van der Waals surface area contributed by atoms with Crippen molar-refractivity contribution < 1.29 is 24.0 Å². The van der Waals surface area contributed by atoms with E-state index in [1.807, 2.05) is 13.8 Å². The van der Waals surface area contributed by atoms with Crippen molar-refractivity contribution >= 4 is 29.5 Å². The fourth-order valence-corrected chi connectivity index (χ4v) is 3.70. The minimum absolute atomic E-state index is 0.0841. The number of carbonyl (C=O) groups is 5. The van der Waals surface area contributed by atoms with Crippen LogP contribution >= 0.6 is 0 Å². The van der Waals surface area contributed by atoms with Crippen molar-refractivity contribution in [1.82, 2.24) is 31.2 Å². The van der Waals surface area contributed by atoms with Crippen molar-refractivity contribution in [3.05, 3.63) is 18.2 Å². The number of nitrogens with zero attached hydrogens (tertiary/aromatic N) is 1. The molecule has 13 nitrogen and oxygen atoms in total. The number of primary amides is 1. The van der Waals surface area contributed by atoms with Gasteiger partial charge in [-0.05, 0) is 31.6 Å². The van der Waals surface area contributed by atoms with Gasteiger partial charge in [-0.3, -0.25) is 24.0 Å². The van der Waals surface area contributed by atoms with Crippen molar-refractivity contribution in [2.75, 3.05) is 6.54 Å². The Labute approximate surface area is 203 Å². The minimum atomic E-state index is -1.32. The van der Waals surface area contributed by atoms with Crippen LogP contribution in [0.5, 0.6) is 0 Å². The van der Waals surface area contributed by atoms with Gasteiger partial charge in [-0.25, -0.2) is 4.98 Å². The highest BCUT2D eigenvalue weighted by molar-refractivity contribution is 5.96. The van der Waals surface area contributed by atoms with Gasteiger partial charge >= 0.3 is 0 Å². The first-order valence-corrected chi connectivity index (χ1v) is 11.8. The van der Waals surface area contributed by atoms with Gasteiger partial charge in [0.05, 0.1) is 18.8 Å². The summed E-state index contributed by atoms with van der Waals surface area (Å²) < 4.78 is 0. The Morgan fingerprint density at radius 2 is 1.83 bits per heavy atom. The Kier molecular flexibility index (Phi) is 10.6. The van der Waals surface area contributed by atoms with Crippen LogP contribution in [0, 0.1) is 5.92 Å². The van der Waals surface area contributed by atoms with Gasteiger partial charge < -0.3 is 37.7 Å². The van der Waals surface area contributed by atoms with E-state index >= 15 is 0 Å². The van der Waals surface area contributed by atoms with Crippen LogP contribution in [0.4, 0.5) is 0 Å². The van der Waals surface area contributed by atoms with Crippen LogP contribution in [-0.2, 0) is 30.4 Å². The number of aromatic amines is 1. The maximum atomic E-state index is 13.1. The summed E-state index contributed by atoms with van der Waals surface area (Å²) in [7, 11) is 0. The number of nitrogens with one attached hydrogen (secondary N) is 5. The molecule has 0 aromatic carbocycles. The van der Waals surface area contributed by atoms with E-state index in [-0.39, 0.29) is 12.3 Å². The van der Waals surface area contributed by atoms with E-state index in [4.69, 9.17) is 11.5 Å². The Balaban J connectivity index is 2.22. The average Bonchev–Trinajstić information content (AvgIpc) is 3.29. The zero-order valence-corrected chi connectivity index (χ0v) is 20.1. The van der Waals surface area contributed by atoms with E-state index in [1.54, 1.807) is 0 Å². The van der Waals surface area contributed by atoms with Crippen molar-refractivity contribution in [1.29, 1.82) is 0 Å². The standard InChI is InChI=1S/C22H36N8O5/c1-12(2)7-15(19(24)32)28-18(31)9-17-22(35)30-16(8-13-10-25-11-27-13)21(34)26-6-4-3-5-14(23)20(33)29-17/h10-12,14-17H,3-9,23H2,1-2H3,(H2,24,32)(H,25,27)(H,26,34)(H,28,31)(H,29,33)(H,30,35)/t14-,15-,16?,17?/m0/s1. The summed E-state index contributed by atoms with van der Waals surface area (Å²) in [5.74, 6) is -3.00. The summed E-state index contributed by atoms with van der Waals surface area (Å²) in [4.78, 5) is 69.8. The summed E-state index contributed by atoms with van der Waals surface area (Å²) in [6, 6.07) is -4.10. The molecule has 5 amide bonds. The number of amides is 5. The molecule has 194 valence electrons. The molecule has 1 saturated heterocycles. The van der Waals surface area contributed by atoms with Gasteiger partial charge in [0.2, 0.25) is 29.5 Å². The van der Waals surface area contributed by atoms with Crippen LogP contribution in [0.3, 0.4) is 0 Å². The number of hydrogen-bond acceptors (Lipinski definition) is 7. The lowest BCUT2D eigenvalue weighted by Gasteiger charge is -2.24. The topological polar surface area (TPSA) is 214 Å². The molecule has 4 atom stereocenters. The number of rotatable bonds is 8. The monoisotopic (exact) mass is 492 g/mol. The van der Waals surface area contributed by atoms with Gasteiger partial charge in [0.1, 0.15) is 18.1 Å². The normalized spacial score (nSPS) is 23.1. The van der Waals surface area contributed by atoms with Crippen molar-refractivity contribution in [2.24, 2.45) is 17.4 Å². The van der Waals surface area contributed by atoms with E-state index < -0.39 is 60.1 Å². The zero-order valence-electron chi connectivity index (χ0n) is 20.1. The van der Waals surface area contributed by atoms with Gasteiger partial charge in [0.15, 0.2) is 0 Å². The van der Waals surface area contributed by atoms with E-state index in [0.717, 1.165) is 0 Å². The van der Waals surface area contributed by atoms with Crippen LogP contribution in [0.2, 0.25) is 0 Å². The second kappa shape index (κ2) is 13.4. The lowest BCUT2D eigenvalue weighted by Crippen LogP contribution is -2.57. The first kappa shape index (κ1) is 27.8. The highest BCUT2D eigenvalue weighted by Crippen LogP contribution is 2.07. The number of imidazole rings is 1. The lowest BCUT2D eigenvalue weighted by molar-refractivity contribution is -0.134. The predicted octanol–water partition coefficient (Wildman–Crippen LogP) is -2.04. The van der Waals surface area contributed by atoms with Crippen LogP contribution in [0.25, 0.3) is 0 Å². The fourth-order valence-electron chi connectivity index (χ4n) is 3.70. The first-order valence-electron chi connectivity index (χ1n) is 11.8. The molecule has 1 aromatic heterocycles. The molecule has 0 spiro atoms. The van der Waals surface area contributed by atoms with Gasteiger partial charge in [0.25, 0.3) is 0 Å². The number of carbonyl (C=O) groups excluding carboxylic acids is 5.